The minimum atomic E-state index is -1.26. The van der Waals surface area contributed by atoms with Crippen LogP contribution in [0.2, 0.25) is 0 Å². The number of nitrogens with two attached hydrogens (primary N) is 3. The molecule has 2 rings (SSSR count). The number of nitrogens with zero attached hydrogens (tertiary/aromatic N) is 1. The number of hydrogen-bond acceptors (Lipinski definition) is 7. The van der Waals surface area contributed by atoms with E-state index < -0.39 is 54.5 Å². The number of fused-ring (bicyclic) bond motifs is 1. The highest BCUT2D eigenvalue weighted by atomic mass is 16.4. The number of para-hydroxylation sites is 1. The lowest BCUT2D eigenvalue weighted by Crippen LogP contribution is -2.58. The summed E-state index contributed by atoms with van der Waals surface area (Å²) < 4.78 is 0. The van der Waals surface area contributed by atoms with Gasteiger partial charge in [0, 0.05) is 30.1 Å². The van der Waals surface area contributed by atoms with Gasteiger partial charge in [-0.25, -0.2) is 4.79 Å². The predicted molar refractivity (Wildman–Crippen MR) is 150 cm³/mol. The molecule has 1 aromatic heterocycles. The summed E-state index contributed by atoms with van der Waals surface area (Å²) >= 11 is 0. The molecule has 0 spiro atoms. The molecule has 3 amide bonds. The number of hydrogen-bond donors (Lipinski definition) is 9. The van der Waals surface area contributed by atoms with E-state index in [0.717, 1.165) is 16.5 Å². The number of carboxylic acids is 1. The van der Waals surface area contributed by atoms with E-state index in [1.54, 1.807) is 20.0 Å². The summed E-state index contributed by atoms with van der Waals surface area (Å²) in [5, 5.41) is 27.5. The smallest absolute Gasteiger partial charge is 0.326 e. The van der Waals surface area contributed by atoms with Gasteiger partial charge in [-0.2, -0.15) is 0 Å². The number of benzene rings is 1. The Labute approximate surface area is 232 Å². The number of carboxylic acid groups (broad SMARTS) is 1. The van der Waals surface area contributed by atoms with Gasteiger partial charge < -0.3 is 48.3 Å². The lowest BCUT2D eigenvalue weighted by atomic mass is 9.98. The average molecular weight is 561 g/mol. The molecule has 14 nitrogen and oxygen atoms in total. The van der Waals surface area contributed by atoms with Gasteiger partial charge in [0.1, 0.15) is 24.2 Å². The number of rotatable bonds is 16. The molecule has 0 saturated carbocycles. The Morgan fingerprint density at radius 3 is 2.30 bits per heavy atom. The quantitative estimate of drug-likeness (QED) is 0.0669. The molecule has 0 aliphatic heterocycles. The third kappa shape index (κ3) is 9.24. The largest absolute Gasteiger partial charge is 0.480 e. The van der Waals surface area contributed by atoms with E-state index in [2.05, 4.69) is 25.9 Å². The predicted octanol–water partition coefficient (Wildman–Crippen LogP) is -1.33. The van der Waals surface area contributed by atoms with Crippen LogP contribution in [-0.4, -0.2) is 82.2 Å². The first-order chi connectivity index (χ1) is 19.0. The first-order valence-corrected chi connectivity index (χ1v) is 13.1. The van der Waals surface area contributed by atoms with Crippen molar-refractivity contribution in [2.75, 3.05) is 13.2 Å². The summed E-state index contributed by atoms with van der Waals surface area (Å²) in [5.41, 5.74) is 17.9. The molecule has 0 aliphatic rings. The molecule has 0 aliphatic carbocycles. The Bertz CT molecular complexity index is 1190. The van der Waals surface area contributed by atoms with Gasteiger partial charge in [-0.1, -0.05) is 38.5 Å². The first kappa shape index (κ1) is 32.0. The number of nitrogens with one attached hydrogen (secondary N) is 4. The molecular weight excluding hydrogens is 520 g/mol. The number of aliphatic imine (C=N–C) groups is 1. The highest BCUT2D eigenvalue weighted by Gasteiger charge is 2.32. The number of H-pyrrole nitrogens is 1. The van der Waals surface area contributed by atoms with E-state index in [-0.39, 0.29) is 31.3 Å². The van der Waals surface area contributed by atoms with E-state index in [9.17, 15) is 29.4 Å². The number of carbonyl (C=O) groups is 4. The third-order valence-corrected chi connectivity index (χ3v) is 6.62. The van der Waals surface area contributed by atoms with Crippen LogP contribution in [0.1, 0.15) is 38.7 Å². The van der Waals surface area contributed by atoms with Crippen LogP contribution in [-0.2, 0) is 25.6 Å². The maximum Gasteiger partial charge on any atom is 0.326 e. The summed E-state index contributed by atoms with van der Waals surface area (Å²) in [6, 6.07) is 2.66. The Hall–Kier alpha value is -4.17. The first-order valence-electron chi connectivity index (χ1n) is 13.1. The van der Waals surface area contributed by atoms with Gasteiger partial charge in [0.2, 0.25) is 17.7 Å². The average Bonchev–Trinajstić information content (AvgIpc) is 3.34. The number of aromatic amines is 1. The lowest BCUT2D eigenvalue weighted by Gasteiger charge is -2.26. The zero-order valence-corrected chi connectivity index (χ0v) is 22.7. The van der Waals surface area contributed by atoms with Crippen LogP contribution in [0.5, 0.6) is 0 Å². The molecule has 0 bridgehead atoms. The van der Waals surface area contributed by atoms with Crippen LogP contribution >= 0.6 is 0 Å². The summed E-state index contributed by atoms with van der Waals surface area (Å²) in [7, 11) is 0. The Morgan fingerprint density at radius 2 is 1.68 bits per heavy atom. The fourth-order valence-electron chi connectivity index (χ4n) is 4.07. The number of aliphatic hydroxyl groups is 1. The standard InChI is InChI=1S/C26H40N8O6/c1-3-14(2)21(25(39)40)34-23(37)19(9-6-10-30-26(28)29)32-24(38)20(33-22(36)17(27)13-35)11-15-12-31-18-8-5-4-7-16(15)18/h4-5,7-8,12,14,17,19-21,31,35H,3,6,9-11,13,27H2,1-2H3,(H,32,38)(H,33,36)(H,34,37)(H,39,40)(H4,28,29,30). The van der Waals surface area contributed by atoms with E-state index >= 15 is 0 Å². The minimum Gasteiger partial charge on any atom is -0.480 e. The molecule has 14 heteroatoms. The monoisotopic (exact) mass is 560 g/mol. The number of amides is 3. The number of aliphatic carboxylic acids is 1. The molecule has 40 heavy (non-hydrogen) atoms. The Morgan fingerprint density at radius 1 is 1.02 bits per heavy atom. The molecule has 0 saturated heterocycles. The fraction of sp³-hybridized carbons (Fsp3) is 0.500. The molecule has 0 fully saturated rings. The molecule has 5 unspecified atom stereocenters. The molecular formula is C26H40N8O6. The van der Waals surface area contributed by atoms with E-state index in [1.807, 2.05) is 24.3 Å². The fourth-order valence-corrected chi connectivity index (χ4v) is 4.07. The van der Waals surface area contributed by atoms with Crippen molar-refractivity contribution in [1.82, 2.24) is 20.9 Å². The van der Waals surface area contributed by atoms with Crippen LogP contribution in [0.4, 0.5) is 0 Å². The second-order valence-electron chi connectivity index (χ2n) is 9.63. The van der Waals surface area contributed by atoms with E-state index in [0.29, 0.717) is 12.8 Å². The van der Waals surface area contributed by atoms with Gasteiger partial charge in [0.25, 0.3) is 0 Å². The number of guanidine groups is 1. The van der Waals surface area contributed by atoms with Crippen molar-refractivity contribution < 1.29 is 29.4 Å². The highest BCUT2D eigenvalue weighted by Crippen LogP contribution is 2.19. The van der Waals surface area contributed by atoms with Gasteiger partial charge in [-0.05, 0) is 30.4 Å². The molecule has 1 aromatic carbocycles. The van der Waals surface area contributed by atoms with Gasteiger partial charge in [-0.15, -0.1) is 0 Å². The van der Waals surface area contributed by atoms with Crippen molar-refractivity contribution in [3.05, 3.63) is 36.0 Å². The van der Waals surface area contributed by atoms with Crippen molar-refractivity contribution in [2.45, 2.75) is 63.7 Å². The number of aliphatic hydroxyl groups excluding tert-OH is 1. The van der Waals surface area contributed by atoms with Crippen LogP contribution in [0.3, 0.4) is 0 Å². The Balaban J connectivity index is 2.31. The van der Waals surface area contributed by atoms with Gasteiger partial charge in [-0.3, -0.25) is 19.4 Å². The topological polar surface area (TPSA) is 251 Å². The van der Waals surface area contributed by atoms with Crippen molar-refractivity contribution in [3.8, 4) is 0 Å². The SMILES string of the molecule is CCC(C)C(NC(=O)C(CCCN=C(N)N)NC(=O)C(Cc1c[nH]c2ccccc12)NC(=O)C(N)CO)C(=O)O. The van der Waals surface area contributed by atoms with Crippen LogP contribution in [0.25, 0.3) is 10.9 Å². The van der Waals surface area contributed by atoms with Gasteiger partial charge in [0.05, 0.1) is 6.61 Å². The summed E-state index contributed by atoms with van der Waals surface area (Å²) in [6.45, 7) is 3.05. The van der Waals surface area contributed by atoms with Crippen LogP contribution in [0, 0.1) is 5.92 Å². The second kappa shape index (κ2) is 15.4. The minimum absolute atomic E-state index is 0.0483. The van der Waals surface area contributed by atoms with Gasteiger partial charge in [0.15, 0.2) is 5.96 Å². The van der Waals surface area contributed by atoms with Crippen molar-refractivity contribution in [3.63, 3.8) is 0 Å². The van der Waals surface area contributed by atoms with Crippen LogP contribution in [0.15, 0.2) is 35.5 Å². The van der Waals surface area contributed by atoms with Crippen molar-refractivity contribution >= 4 is 40.6 Å². The van der Waals surface area contributed by atoms with E-state index in [1.165, 1.54) is 0 Å². The maximum absolute atomic E-state index is 13.5. The molecule has 12 N–H and O–H groups in total. The molecule has 5 atom stereocenters. The Kier molecular flexibility index (Phi) is 12.4. The highest BCUT2D eigenvalue weighted by molar-refractivity contribution is 5.95. The maximum atomic E-state index is 13.5. The van der Waals surface area contributed by atoms with Gasteiger partial charge >= 0.3 is 5.97 Å². The third-order valence-electron chi connectivity index (χ3n) is 6.62. The summed E-state index contributed by atoms with van der Waals surface area (Å²) in [5.74, 6) is -3.84. The zero-order valence-electron chi connectivity index (χ0n) is 22.7. The summed E-state index contributed by atoms with van der Waals surface area (Å²) in [4.78, 5) is 58.0. The zero-order chi connectivity index (χ0) is 29.8. The normalized spacial score (nSPS) is 14.8. The molecule has 0 radical (unpaired) electrons. The second-order valence-corrected chi connectivity index (χ2v) is 9.63. The molecule has 220 valence electrons. The summed E-state index contributed by atoms with van der Waals surface area (Å²) in [6.07, 6.45) is 2.65. The van der Waals surface area contributed by atoms with Crippen molar-refractivity contribution in [1.29, 1.82) is 0 Å². The molecule has 2 aromatic rings. The van der Waals surface area contributed by atoms with Crippen LogP contribution < -0.4 is 33.2 Å². The molecule has 1 heterocycles. The lowest BCUT2D eigenvalue weighted by molar-refractivity contribution is -0.144. The number of aromatic nitrogens is 1. The number of carbonyl (C=O) groups excluding carboxylic acids is 3. The van der Waals surface area contributed by atoms with Crippen molar-refractivity contribution in [2.24, 2.45) is 28.1 Å². The van der Waals surface area contributed by atoms with E-state index in [4.69, 9.17) is 17.2 Å².